The van der Waals surface area contributed by atoms with Crippen molar-refractivity contribution in [3.63, 3.8) is 0 Å². The highest BCUT2D eigenvalue weighted by molar-refractivity contribution is 6.01. The van der Waals surface area contributed by atoms with E-state index < -0.39 is 23.3 Å². The van der Waals surface area contributed by atoms with Crippen LogP contribution in [0.2, 0.25) is 0 Å². The first-order chi connectivity index (χ1) is 24.3. The van der Waals surface area contributed by atoms with E-state index in [1.165, 1.54) is 77.0 Å². The Kier molecular flexibility index (Phi) is 17.7. The van der Waals surface area contributed by atoms with Crippen LogP contribution < -0.4 is 0 Å². The lowest BCUT2D eigenvalue weighted by molar-refractivity contribution is -0.298. The lowest BCUT2D eigenvalue weighted by atomic mass is 9.80. The van der Waals surface area contributed by atoms with Gasteiger partial charge in [-0.2, -0.15) is 0 Å². The quantitative estimate of drug-likeness (QED) is 0.0660. The van der Waals surface area contributed by atoms with Crippen molar-refractivity contribution in [3.05, 3.63) is 47.0 Å². The van der Waals surface area contributed by atoms with Gasteiger partial charge in [-0.25, -0.2) is 0 Å². The molecule has 3 unspecified atom stereocenters. The van der Waals surface area contributed by atoms with Crippen LogP contribution in [0.4, 0.5) is 0 Å². The van der Waals surface area contributed by atoms with Crippen LogP contribution in [0.1, 0.15) is 196 Å². The molecule has 288 valence electrons. The summed E-state index contributed by atoms with van der Waals surface area (Å²) in [6.07, 6.45) is 22.6. The fraction of sp³-hybridized carbons (Fsp3) is 0.744. The molecular weight excluding hydrogens is 640 g/mol. The normalized spacial score (nSPS) is 18.2. The second kappa shape index (κ2) is 21.1. The average molecular weight is 711 g/mol. The number of nitrogens with one attached hydrogen (secondary N) is 2. The van der Waals surface area contributed by atoms with Gasteiger partial charge in [0, 0.05) is 52.2 Å². The van der Waals surface area contributed by atoms with Crippen molar-refractivity contribution >= 4 is 17.5 Å². The summed E-state index contributed by atoms with van der Waals surface area (Å²) in [5.74, 6) is -1.90. The maximum absolute atomic E-state index is 13.9. The number of H-pyrrole nitrogens is 2. The number of aryl methyl sites for hydroxylation is 1. The SMILES string of the molecule is CCCCCCCCCCCCCCCC(C(=O)c1cc[nH]c1CCCC(CC(=O)O)c1[nH]ccc1C(=O)C1OC(C)(C)OCC1(C)C)C(C)C. The Bertz CT molecular complexity index is 1340. The van der Waals surface area contributed by atoms with Crippen molar-refractivity contribution in [2.75, 3.05) is 6.61 Å². The monoisotopic (exact) mass is 711 g/mol. The second-order valence-corrected chi connectivity index (χ2v) is 16.6. The molecule has 3 heterocycles. The summed E-state index contributed by atoms with van der Waals surface area (Å²) in [6, 6.07) is 3.64. The first-order valence-corrected chi connectivity index (χ1v) is 20.2. The van der Waals surface area contributed by atoms with Crippen molar-refractivity contribution in [2.45, 2.75) is 182 Å². The Morgan fingerprint density at radius 2 is 1.37 bits per heavy atom. The minimum Gasteiger partial charge on any atom is -0.481 e. The van der Waals surface area contributed by atoms with Crippen molar-refractivity contribution in [1.29, 1.82) is 0 Å². The lowest BCUT2D eigenvalue weighted by Gasteiger charge is -2.45. The van der Waals surface area contributed by atoms with E-state index in [1.807, 2.05) is 26.1 Å². The summed E-state index contributed by atoms with van der Waals surface area (Å²) in [7, 11) is 0. The molecule has 2 aromatic heterocycles. The van der Waals surface area contributed by atoms with E-state index in [-0.39, 0.29) is 35.7 Å². The molecule has 3 rings (SSSR count). The van der Waals surface area contributed by atoms with Gasteiger partial charge < -0.3 is 24.5 Å². The predicted octanol–water partition coefficient (Wildman–Crippen LogP) is 11.2. The number of carboxylic acid groups (broad SMARTS) is 1. The van der Waals surface area contributed by atoms with Gasteiger partial charge in [0.1, 0.15) is 6.10 Å². The summed E-state index contributed by atoms with van der Waals surface area (Å²) in [5.41, 5.74) is 2.23. The van der Waals surface area contributed by atoms with Crippen LogP contribution in [-0.4, -0.2) is 51.1 Å². The molecule has 1 aliphatic heterocycles. The molecule has 0 aromatic carbocycles. The van der Waals surface area contributed by atoms with Crippen LogP contribution in [0, 0.1) is 17.3 Å². The third kappa shape index (κ3) is 13.7. The second-order valence-electron chi connectivity index (χ2n) is 16.6. The molecule has 0 amide bonds. The first kappa shape index (κ1) is 42.7. The highest BCUT2D eigenvalue weighted by atomic mass is 16.7. The van der Waals surface area contributed by atoms with E-state index >= 15 is 0 Å². The van der Waals surface area contributed by atoms with Crippen molar-refractivity contribution in [2.24, 2.45) is 17.3 Å². The van der Waals surface area contributed by atoms with Crippen molar-refractivity contribution in [3.8, 4) is 0 Å². The molecule has 51 heavy (non-hydrogen) atoms. The molecule has 8 heteroatoms. The van der Waals surface area contributed by atoms with E-state index in [0.717, 1.165) is 24.1 Å². The zero-order chi connectivity index (χ0) is 37.4. The number of carbonyl (C=O) groups excluding carboxylic acids is 2. The number of hydrogen-bond acceptors (Lipinski definition) is 5. The molecule has 0 saturated carbocycles. The molecule has 2 aromatic rings. The van der Waals surface area contributed by atoms with E-state index in [9.17, 15) is 19.5 Å². The molecule has 3 atom stereocenters. The third-order valence-electron chi connectivity index (χ3n) is 10.9. The highest BCUT2D eigenvalue weighted by Crippen LogP contribution is 2.38. The number of unbranched alkanes of at least 4 members (excludes halogenated alkanes) is 12. The predicted molar refractivity (Wildman–Crippen MR) is 206 cm³/mol. The van der Waals surface area contributed by atoms with Gasteiger partial charge in [0.2, 0.25) is 0 Å². The smallest absolute Gasteiger partial charge is 0.304 e. The van der Waals surface area contributed by atoms with Crippen LogP contribution in [0.25, 0.3) is 0 Å². The highest BCUT2D eigenvalue weighted by Gasteiger charge is 2.46. The number of hydrogen-bond donors (Lipinski definition) is 3. The molecule has 3 N–H and O–H groups in total. The zero-order valence-electron chi connectivity index (χ0n) is 33.0. The summed E-state index contributed by atoms with van der Waals surface area (Å²) in [5, 5.41) is 9.83. The summed E-state index contributed by atoms with van der Waals surface area (Å²) >= 11 is 0. The van der Waals surface area contributed by atoms with Gasteiger partial charge in [-0.15, -0.1) is 0 Å². The number of ether oxygens (including phenoxy) is 2. The van der Waals surface area contributed by atoms with E-state index in [2.05, 4.69) is 30.7 Å². The number of Topliss-reactive ketones (excluding diaryl/α,β-unsaturated/α-hetero) is 2. The number of carboxylic acids is 1. The largest absolute Gasteiger partial charge is 0.481 e. The van der Waals surface area contributed by atoms with Gasteiger partial charge >= 0.3 is 5.97 Å². The van der Waals surface area contributed by atoms with Crippen LogP contribution in [0.5, 0.6) is 0 Å². The number of ketones is 2. The van der Waals surface area contributed by atoms with E-state index in [4.69, 9.17) is 9.47 Å². The minimum absolute atomic E-state index is 0.0128. The minimum atomic E-state index is -0.916. The van der Waals surface area contributed by atoms with E-state index in [1.54, 1.807) is 26.1 Å². The number of rotatable bonds is 26. The fourth-order valence-corrected chi connectivity index (χ4v) is 7.67. The number of aliphatic carboxylic acids is 1. The Labute approximate surface area is 308 Å². The Morgan fingerprint density at radius 3 is 1.96 bits per heavy atom. The van der Waals surface area contributed by atoms with Gasteiger partial charge in [0.25, 0.3) is 0 Å². The third-order valence-corrected chi connectivity index (χ3v) is 10.9. The molecule has 0 aliphatic carbocycles. The van der Waals surface area contributed by atoms with Crippen LogP contribution in [-0.2, 0) is 20.7 Å². The number of carbonyl (C=O) groups is 3. The molecule has 1 saturated heterocycles. The molecule has 0 radical (unpaired) electrons. The average Bonchev–Trinajstić information content (AvgIpc) is 3.75. The van der Waals surface area contributed by atoms with Gasteiger partial charge in [0.05, 0.1) is 13.0 Å². The van der Waals surface area contributed by atoms with Gasteiger partial charge in [0.15, 0.2) is 17.4 Å². The molecule has 0 bridgehead atoms. The van der Waals surface area contributed by atoms with E-state index in [0.29, 0.717) is 37.1 Å². The Morgan fingerprint density at radius 1 is 0.804 bits per heavy atom. The molecule has 1 fully saturated rings. The molecule has 1 aliphatic rings. The van der Waals surface area contributed by atoms with Crippen LogP contribution >= 0.6 is 0 Å². The maximum atomic E-state index is 13.9. The van der Waals surface area contributed by atoms with Crippen LogP contribution in [0.3, 0.4) is 0 Å². The molecular formula is C43H70N2O6. The Balaban J connectivity index is 1.52. The molecule has 0 spiro atoms. The van der Waals surface area contributed by atoms with Crippen molar-refractivity contribution < 1.29 is 29.0 Å². The lowest BCUT2D eigenvalue weighted by Crippen LogP contribution is -2.53. The van der Waals surface area contributed by atoms with Gasteiger partial charge in [-0.1, -0.05) is 118 Å². The maximum Gasteiger partial charge on any atom is 0.304 e. The zero-order valence-corrected chi connectivity index (χ0v) is 33.0. The number of aromatic nitrogens is 2. The van der Waals surface area contributed by atoms with Gasteiger partial charge in [-0.05, 0) is 57.6 Å². The topological polar surface area (TPSA) is 121 Å². The standard InChI is InChI=1S/C43H70N2O6/c1-8-9-10-11-12-13-14-15-16-17-18-19-20-23-33(31(2)3)39(48)34-25-27-44-36(34)24-21-22-32(29-37(46)47)38-35(26-28-45-38)40(49)41-42(4,5)30-50-43(6,7)51-41/h25-28,31-33,41,44-45H,8-24,29-30H2,1-7H3,(H,46,47). The van der Waals surface area contributed by atoms with Gasteiger partial charge in [-0.3, -0.25) is 14.4 Å². The Hall–Kier alpha value is -2.71. The summed E-state index contributed by atoms with van der Waals surface area (Å²) in [6.45, 7) is 14.4. The number of aromatic amines is 2. The summed E-state index contributed by atoms with van der Waals surface area (Å²) < 4.78 is 11.9. The van der Waals surface area contributed by atoms with Crippen LogP contribution in [0.15, 0.2) is 24.5 Å². The fourth-order valence-electron chi connectivity index (χ4n) is 7.67. The van der Waals surface area contributed by atoms with Crippen molar-refractivity contribution in [1.82, 2.24) is 9.97 Å². The molecule has 8 nitrogen and oxygen atoms in total. The summed E-state index contributed by atoms with van der Waals surface area (Å²) in [4.78, 5) is 46.2. The first-order valence-electron chi connectivity index (χ1n) is 20.2.